The molecule has 2 aromatic carbocycles. The number of carbonyl (C=O) groups excluding carboxylic acids is 1. The summed E-state index contributed by atoms with van der Waals surface area (Å²) in [7, 11) is 0. The average Bonchev–Trinajstić information content (AvgIpc) is 3.40. The van der Waals surface area contributed by atoms with Crippen molar-refractivity contribution in [3.8, 4) is 5.75 Å². The Morgan fingerprint density at radius 2 is 2.03 bits per heavy atom. The molecule has 2 heterocycles. The predicted molar refractivity (Wildman–Crippen MR) is 118 cm³/mol. The number of nitrogens with one attached hydrogen (secondary N) is 1. The Bertz CT molecular complexity index is 1170. The third kappa shape index (κ3) is 4.01. The predicted octanol–water partition coefficient (Wildman–Crippen LogP) is 5.09. The van der Waals surface area contributed by atoms with Gasteiger partial charge in [-0.1, -0.05) is 43.0 Å². The van der Waals surface area contributed by atoms with E-state index in [9.17, 15) is 4.79 Å². The van der Waals surface area contributed by atoms with Gasteiger partial charge in [-0.3, -0.25) is 4.79 Å². The SMILES string of the molecule is C=CCOc1cccc2c1cc(C(=O)NCc1ccco1)n2Cc1ccccc1C. The van der Waals surface area contributed by atoms with E-state index >= 15 is 0 Å². The normalized spacial score (nSPS) is 10.8. The monoisotopic (exact) mass is 400 g/mol. The van der Waals surface area contributed by atoms with Gasteiger partial charge in [0.15, 0.2) is 0 Å². The number of aromatic nitrogens is 1. The maximum atomic E-state index is 13.1. The molecular weight excluding hydrogens is 376 g/mol. The topological polar surface area (TPSA) is 56.4 Å². The summed E-state index contributed by atoms with van der Waals surface area (Å²) in [4.78, 5) is 13.1. The van der Waals surface area contributed by atoms with Gasteiger partial charge in [0.1, 0.15) is 23.8 Å². The van der Waals surface area contributed by atoms with E-state index in [1.165, 1.54) is 5.56 Å². The van der Waals surface area contributed by atoms with Gasteiger partial charge in [0, 0.05) is 11.9 Å². The second-order valence-electron chi connectivity index (χ2n) is 7.09. The van der Waals surface area contributed by atoms with Crippen molar-refractivity contribution < 1.29 is 13.9 Å². The van der Waals surface area contributed by atoms with Gasteiger partial charge in [0.05, 0.1) is 18.3 Å². The molecule has 0 spiro atoms. The Kier molecular flexibility index (Phi) is 5.70. The Morgan fingerprint density at radius 1 is 1.17 bits per heavy atom. The smallest absolute Gasteiger partial charge is 0.268 e. The summed E-state index contributed by atoms with van der Waals surface area (Å²) in [5.74, 6) is 1.28. The van der Waals surface area contributed by atoms with E-state index in [0.29, 0.717) is 31.2 Å². The summed E-state index contributed by atoms with van der Waals surface area (Å²) >= 11 is 0. The van der Waals surface area contributed by atoms with Crippen molar-refractivity contribution >= 4 is 16.8 Å². The van der Waals surface area contributed by atoms with Gasteiger partial charge in [-0.05, 0) is 48.4 Å². The zero-order chi connectivity index (χ0) is 20.9. The fourth-order valence-corrected chi connectivity index (χ4v) is 3.52. The first kappa shape index (κ1) is 19.6. The Morgan fingerprint density at radius 3 is 2.80 bits per heavy atom. The number of fused-ring (bicyclic) bond motifs is 1. The van der Waals surface area contributed by atoms with Gasteiger partial charge in [-0.25, -0.2) is 0 Å². The van der Waals surface area contributed by atoms with Crippen LogP contribution >= 0.6 is 0 Å². The fraction of sp³-hybridized carbons (Fsp3) is 0.160. The lowest BCUT2D eigenvalue weighted by Gasteiger charge is -2.13. The molecule has 4 aromatic rings. The molecule has 0 saturated carbocycles. The van der Waals surface area contributed by atoms with Crippen molar-refractivity contribution in [3.05, 3.63) is 102 Å². The van der Waals surface area contributed by atoms with Gasteiger partial charge in [-0.2, -0.15) is 0 Å². The lowest BCUT2D eigenvalue weighted by atomic mass is 10.1. The fourth-order valence-electron chi connectivity index (χ4n) is 3.52. The number of nitrogens with zero attached hydrogens (tertiary/aromatic N) is 1. The molecule has 0 unspecified atom stereocenters. The van der Waals surface area contributed by atoms with E-state index in [4.69, 9.17) is 9.15 Å². The van der Waals surface area contributed by atoms with Crippen molar-refractivity contribution in [2.45, 2.75) is 20.0 Å². The van der Waals surface area contributed by atoms with E-state index in [1.54, 1.807) is 18.4 Å². The summed E-state index contributed by atoms with van der Waals surface area (Å²) in [5.41, 5.74) is 3.87. The number of carbonyl (C=O) groups is 1. The molecule has 0 aliphatic rings. The van der Waals surface area contributed by atoms with E-state index in [1.807, 2.05) is 47.0 Å². The lowest BCUT2D eigenvalue weighted by Crippen LogP contribution is -2.25. The van der Waals surface area contributed by atoms with Crippen LogP contribution in [0.3, 0.4) is 0 Å². The highest BCUT2D eigenvalue weighted by molar-refractivity contribution is 6.00. The third-order valence-corrected chi connectivity index (χ3v) is 5.09. The summed E-state index contributed by atoms with van der Waals surface area (Å²) in [6.07, 6.45) is 3.31. The first-order valence-electron chi connectivity index (χ1n) is 9.88. The molecular formula is C25H24N2O3. The summed E-state index contributed by atoms with van der Waals surface area (Å²) in [5, 5.41) is 3.85. The standard InChI is InChI=1S/C25H24N2O3/c1-3-13-30-24-12-6-11-22-21(24)15-23(25(28)26-16-20-10-7-14-29-20)27(22)17-19-9-5-4-8-18(19)2/h3-12,14-15H,1,13,16-17H2,2H3,(H,26,28). The zero-order valence-corrected chi connectivity index (χ0v) is 16.9. The van der Waals surface area contributed by atoms with Crippen LogP contribution in [-0.2, 0) is 13.1 Å². The molecule has 4 rings (SSSR count). The lowest BCUT2D eigenvalue weighted by molar-refractivity contribution is 0.0939. The maximum absolute atomic E-state index is 13.1. The van der Waals surface area contributed by atoms with E-state index in [-0.39, 0.29) is 5.91 Å². The quantitative estimate of drug-likeness (QED) is 0.419. The van der Waals surface area contributed by atoms with Crippen LogP contribution in [0, 0.1) is 6.92 Å². The second-order valence-corrected chi connectivity index (χ2v) is 7.09. The number of benzene rings is 2. The van der Waals surface area contributed by atoms with Crippen LogP contribution in [-0.4, -0.2) is 17.1 Å². The Hall–Kier alpha value is -3.73. The minimum atomic E-state index is -0.161. The number of hydrogen-bond acceptors (Lipinski definition) is 3. The van der Waals surface area contributed by atoms with Gasteiger partial charge in [0.25, 0.3) is 5.91 Å². The minimum absolute atomic E-state index is 0.161. The molecule has 1 N–H and O–H groups in total. The summed E-state index contributed by atoms with van der Waals surface area (Å²) < 4.78 is 13.2. The van der Waals surface area contributed by atoms with Crippen LogP contribution in [0.4, 0.5) is 0 Å². The molecule has 1 amide bonds. The van der Waals surface area contributed by atoms with Gasteiger partial charge < -0.3 is 19.0 Å². The zero-order valence-electron chi connectivity index (χ0n) is 16.9. The van der Waals surface area contributed by atoms with Gasteiger partial charge >= 0.3 is 0 Å². The number of furan rings is 1. The van der Waals surface area contributed by atoms with Crippen LogP contribution in [0.2, 0.25) is 0 Å². The van der Waals surface area contributed by atoms with Crippen molar-refractivity contribution in [1.82, 2.24) is 9.88 Å². The number of rotatable bonds is 8. The maximum Gasteiger partial charge on any atom is 0.268 e. The molecule has 0 atom stereocenters. The molecule has 0 fully saturated rings. The van der Waals surface area contributed by atoms with Crippen molar-refractivity contribution in [2.75, 3.05) is 6.61 Å². The molecule has 0 saturated heterocycles. The second kappa shape index (κ2) is 8.74. The number of hydrogen-bond donors (Lipinski definition) is 1. The molecule has 2 aromatic heterocycles. The van der Waals surface area contributed by atoms with Crippen LogP contribution in [0.1, 0.15) is 27.4 Å². The third-order valence-electron chi connectivity index (χ3n) is 5.09. The molecule has 5 nitrogen and oxygen atoms in total. The van der Waals surface area contributed by atoms with E-state index in [0.717, 1.165) is 22.2 Å². The van der Waals surface area contributed by atoms with Crippen molar-refractivity contribution in [1.29, 1.82) is 0 Å². The highest BCUT2D eigenvalue weighted by Gasteiger charge is 2.19. The van der Waals surface area contributed by atoms with Crippen LogP contribution in [0.25, 0.3) is 10.9 Å². The molecule has 0 aliphatic carbocycles. The summed E-state index contributed by atoms with van der Waals surface area (Å²) in [6, 6.07) is 19.6. The largest absolute Gasteiger partial charge is 0.489 e. The Balaban J connectivity index is 1.75. The van der Waals surface area contributed by atoms with Gasteiger partial charge in [0.2, 0.25) is 0 Å². The number of ether oxygens (including phenoxy) is 1. The van der Waals surface area contributed by atoms with Crippen molar-refractivity contribution in [3.63, 3.8) is 0 Å². The van der Waals surface area contributed by atoms with Crippen molar-refractivity contribution in [2.24, 2.45) is 0 Å². The van der Waals surface area contributed by atoms with E-state index in [2.05, 4.69) is 31.0 Å². The van der Waals surface area contributed by atoms with Gasteiger partial charge in [-0.15, -0.1) is 0 Å². The minimum Gasteiger partial charge on any atom is -0.489 e. The average molecular weight is 400 g/mol. The molecule has 0 radical (unpaired) electrons. The van der Waals surface area contributed by atoms with Crippen LogP contribution in [0.15, 0.2) is 84.0 Å². The molecule has 30 heavy (non-hydrogen) atoms. The molecule has 0 bridgehead atoms. The first-order chi connectivity index (χ1) is 14.7. The molecule has 5 heteroatoms. The van der Waals surface area contributed by atoms with Crippen LogP contribution in [0.5, 0.6) is 5.75 Å². The summed E-state index contributed by atoms with van der Waals surface area (Å²) in [6.45, 7) is 7.12. The molecule has 152 valence electrons. The van der Waals surface area contributed by atoms with Crippen LogP contribution < -0.4 is 10.1 Å². The highest BCUT2D eigenvalue weighted by Crippen LogP contribution is 2.30. The molecule has 0 aliphatic heterocycles. The Labute approximate surface area is 175 Å². The first-order valence-corrected chi connectivity index (χ1v) is 9.88. The van der Waals surface area contributed by atoms with E-state index < -0.39 is 0 Å². The number of amides is 1. The number of aryl methyl sites for hydroxylation is 1. The highest BCUT2D eigenvalue weighted by atomic mass is 16.5.